The van der Waals surface area contributed by atoms with Crippen LogP contribution < -0.4 is 0 Å². The van der Waals surface area contributed by atoms with Crippen molar-refractivity contribution in [2.75, 3.05) is 0 Å². The van der Waals surface area contributed by atoms with Gasteiger partial charge in [0.1, 0.15) is 6.29 Å². The lowest BCUT2D eigenvalue weighted by molar-refractivity contribution is -0.107. The molecule has 0 aromatic heterocycles. The van der Waals surface area contributed by atoms with E-state index in [0.717, 1.165) is 25.0 Å². The fourth-order valence-corrected chi connectivity index (χ4v) is 0.754. The summed E-state index contributed by atoms with van der Waals surface area (Å²) in [6.45, 7) is 4.41. The van der Waals surface area contributed by atoms with Crippen LogP contribution in [0.3, 0.4) is 0 Å². The third kappa shape index (κ3) is 5.54. The van der Waals surface area contributed by atoms with Crippen LogP contribution in [-0.4, -0.2) is 6.29 Å². The van der Waals surface area contributed by atoms with Gasteiger partial charge < -0.3 is 4.79 Å². The molecule has 1 atom stereocenters. The van der Waals surface area contributed by atoms with Crippen molar-refractivity contribution in [3.8, 4) is 0 Å². The maximum Gasteiger partial charge on any atom is 0.119 e. The van der Waals surface area contributed by atoms with Gasteiger partial charge in [0.25, 0.3) is 0 Å². The van der Waals surface area contributed by atoms with E-state index in [0.29, 0.717) is 0 Å². The van der Waals surface area contributed by atoms with Crippen LogP contribution in [0.25, 0.3) is 0 Å². The van der Waals surface area contributed by atoms with Gasteiger partial charge in [-0.2, -0.15) is 0 Å². The first kappa shape index (κ1) is 8.67. The van der Waals surface area contributed by atoms with E-state index < -0.39 is 0 Å². The van der Waals surface area contributed by atoms with Crippen molar-refractivity contribution in [1.29, 1.82) is 0 Å². The van der Waals surface area contributed by atoms with Crippen LogP contribution in [0.5, 0.6) is 0 Å². The Hall–Kier alpha value is -0.330. The second-order valence-corrected chi connectivity index (χ2v) is 2.61. The van der Waals surface area contributed by atoms with Crippen LogP contribution >= 0.6 is 0 Å². The molecule has 0 fully saturated rings. The van der Waals surface area contributed by atoms with Crippen molar-refractivity contribution in [3.63, 3.8) is 0 Å². The van der Waals surface area contributed by atoms with Crippen LogP contribution in [0.15, 0.2) is 0 Å². The summed E-state index contributed by atoms with van der Waals surface area (Å²) in [5.41, 5.74) is 0. The van der Waals surface area contributed by atoms with Crippen LogP contribution in [0, 0.1) is 5.92 Å². The lowest BCUT2D eigenvalue weighted by Crippen LogP contribution is -1.91. The van der Waals surface area contributed by atoms with Crippen molar-refractivity contribution in [1.82, 2.24) is 0 Å². The van der Waals surface area contributed by atoms with Gasteiger partial charge >= 0.3 is 0 Å². The molecule has 0 aromatic rings. The number of hydrogen-bond donors (Lipinski definition) is 0. The first-order valence-corrected chi connectivity index (χ1v) is 3.74. The van der Waals surface area contributed by atoms with Crippen molar-refractivity contribution >= 4 is 6.29 Å². The van der Waals surface area contributed by atoms with Gasteiger partial charge in [-0.05, 0) is 12.3 Å². The normalized spacial score (nSPS) is 13.1. The van der Waals surface area contributed by atoms with E-state index in [9.17, 15) is 4.79 Å². The van der Waals surface area contributed by atoms with Gasteiger partial charge in [0.05, 0.1) is 0 Å². The molecule has 0 radical (unpaired) electrons. The first-order valence-electron chi connectivity index (χ1n) is 3.74. The van der Waals surface area contributed by atoms with Crippen LogP contribution in [0.2, 0.25) is 0 Å². The number of aldehydes is 1. The fraction of sp³-hybridized carbons (Fsp3) is 0.875. The lowest BCUT2D eigenvalue weighted by atomic mass is 10.0. The van der Waals surface area contributed by atoms with Crippen molar-refractivity contribution in [3.05, 3.63) is 0 Å². The molecule has 0 rings (SSSR count). The molecule has 0 saturated carbocycles. The van der Waals surface area contributed by atoms with Gasteiger partial charge in [-0.3, -0.25) is 0 Å². The maximum atomic E-state index is 9.87. The average Bonchev–Trinajstić information content (AvgIpc) is 1.89. The Morgan fingerprint density at radius 1 is 1.56 bits per heavy atom. The van der Waals surface area contributed by atoms with Crippen molar-refractivity contribution in [2.24, 2.45) is 5.92 Å². The maximum absolute atomic E-state index is 9.87. The fourth-order valence-electron chi connectivity index (χ4n) is 0.754. The Labute approximate surface area is 57.5 Å². The van der Waals surface area contributed by atoms with E-state index in [2.05, 4.69) is 13.8 Å². The van der Waals surface area contributed by atoms with Gasteiger partial charge in [-0.25, -0.2) is 0 Å². The first-order chi connectivity index (χ1) is 4.31. The highest BCUT2D eigenvalue weighted by Crippen LogP contribution is 2.09. The largest absolute Gasteiger partial charge is 0.303 e. The third-order valence-electron chi connectivity index (χ3n) is 1.72. The minimum absolute atomic E-state index is 0.740. The summed E-state index contributed by atoms with van der Waals surface area (Å²) in [7, 11) is 0. The average molecular weight is 128 g/mol. The monoisotopic (exact) mass is 128 g/mol. The SMILES string of the molecule is CCC(C)CCCC=O. The van der Waals surface area contributed by atoms with Crippen molar-refractivity contribution in [2.45, 2.75) is 39.5 Å². The molecule has 9 heavy (non-hydrogen) atoms. The van der Waals surface area contributed by atoms with E-state index in [1.165, 1.54) is 12.8 Å². The molecule has 0 aliphatic carbocycles. The number of carbonyl (C=O) groups excluding carboxylic acids is 1. The summed E-state index contributed by atoms with van der Waals surface area (Å²) in [5.74, 6) is 0.796. The standard InChI is InChI=1S/C8H16O/c1-3-8(2)6-4-5-7-9/h7-8H,3-6H2,1-2H3. The molecule has 0 amide bonds. The summed E-state index contributed by atoms with van der Waals surface area (Å²) in [6, 6.07) is 0. The molecular formula is C8H16O. The number of unbranched alkanes of at least 4 members (excludes halogenated alkanes) is 1. The summed E-state index contributed by atoms with van der Waals surface area (Å²) in [4.78, 5) is 9.87. The number of rotatable bonds is 5. The van der Waals surface area contributed by atoms with E-state index in [4.69, 9.17) is 0 Å². The molecule has 0 saturated heterocycles. The zero-order chi connectivity index (χ0) is 7.11. The molecule has 1 heteroatoms. The topological polar surface area (TPSA) is 17.1 Å². The van der Waals surface area contributed by atoms with E-state index in [1.54, 1.807) is 0 Å². The van der Waals surface area contributed by atoms with Gasteiger partial charge in [0.15, 0.2) is 0 Å². The quantitative estimate of drug-likeness (QED) is 0.410. The smallest absolute Gasteiger partial charge is 0.119 e. The minimum Gasteiger partial charge on any atom is -0.303 e. The zero-order valence-electron chi connectivity index (χ0n) is 6.39. The highest BCUT2D eigenvalue weighted by molar-refractivity contribution is 5.48. The molecule has 1 nitrogen and oxygen atoms in total. The third-order valence-corrected chi connectivity index (χ3v) is 1.72. The van der Waals surface area contributed by atoms with Gasteiger partial charge in [0.2, 0.25) is 0 Å². The van der Waals surface area contributed by atoms with Gasteiger partial charge in [0, 0.05) is 6.42 Å². The second kappa shape index (κ2) is 5.80. The molecule has 0 aliphatic rings. The molecule has 1 unspecified atom stereocenters. The molecular weight excluding hydrogens is 112 g/mol. The minimum atomic E-state index is 0.740. The summed E-state index contributed by atoms with van der Waals surface area (Å²) < 4.78 is 0. The molecule has 0 heterocycles. The number of hydrogen-bond acceptors (Lipinski definition) is 1. The molecule has 54 valence electrons. The highest BCUT2D eigenvalue weighted by atomic mass is 16.1. The van der Waals surface area contributed by atoms with E-state index >= 15 is 0 Å². The lowest BCUT2D eigenvalue weighted by Gasteiger charge is -2.04. The predicted octanol–water partition coefficient (Wildman–Crippen LogP) is 2.40. The molecule has 0 aromatic carbocycles. The summed E-state index contributed by atoms with van der Waals surface area (Å²) in [6.07, 6.45) is 5.25. The Balaban J connectivity index is 2.96. The predicted molar refractivity (Wildman–Crippen MR) is 39.4 cm³/mol. The Bertz CT molecular complexity index is 69.0. The second-order valence-electron chi connectivity index (χ2n) is 2.61. The van der Waals surface area contributed by atoms with Crippen LogP contribution in [0.1, 0.15) is 39.5 Å². The molecule has 0 aliphatic heterocycles. The number of carbonyl (C=O) groups is 1. The molecule has 0 spiro atoms. The van der Waals surface area contributed by atoms with Gasteiger partial charge in [-0.1, -0.05) is 26.7 Å². The Kier molecular flexibility index (Phi) is 5.59. The Morgan fingerprint density at radius 2 is 2.22 bits per heavy atom. The highest BCUT2D eigenvalue weighted by Gasteiger charge is 1.96. The summed E-state index contributed by atoms with van der Waals surface area (Å²) in [5, 5.41) is 0. The van der Waals surface area contributed by atoms with Crippen LogP contribution in [0.4, 0.5) is 0 Å². The zero-order valence-corrected chi connectivity index (χ0v) is 6.39. The van der Waals surface area contributed by atoms with E-state index in [1.807, 2.05) is 0 Å². The Morgan fingerprint density at radius 3 is 2.67 bits per heavy atom. The van der Waals surface area contributed by atoms with E-state index in [-0.39, 0.29) is 0 Å². The van der Waals surface area contributed by atoms with Crippen LogP contribution in [-0.2, 0) is 4.79 Å². The summed E-state index contributed by atoms with van der Waals surface area (Å²) >= 11 is 0. The van der Waals surface area contributed by atoms with Gasteiger partial charge in [-0.15, -0.1) is 0 Å². The molecule has 0 N–H and O–H groups in total. The van der Waals surface area contributed by atoms with Crippen molar-refractivity contribution < 1.29 is 4.79 Å². The molecule has 0 bridgehead atoms.